The molecular weight excluding hydrogens is 368 g/mol. The number of hydrogen-bond acceptors (Lipinski definition) is 6. The zero-order chi connectivity index (χ0) is 20.1. The molecule has 7 nitrogen and oxygen atoms in total. The quantitative estimate of drug-likeness (QED) is 0.276. The number of benzene rings is 1. The zero-order valence-electron chi connectivity index (χ0n) is 15.9. The summed E-state index contributed by atoms with van der Waals surface area (Å²) < 4.78 is 5.48. The van der Waals surface area contributed by atoms with Crippen molar-refractivity contribution in [1.29, 1.82) is 0 Å². The summed E-state index contributed by atoms with van der Waals surface area (Å²) in [5, 5.41) is 11.0. The summed E-state index contributed by atoms with van der Waals surface area (Å²) >= 11 is 1.34. The molecule has 0 bridgehead atoms. The second-order valence-corrected chi connectivity index (χ2v) is 8.30. The van der Waals surface area contributed by atoms with E-state index >= 15 is 0 Å². The largest absolute Gasteiger partial charge is 0.379 e. The number of ether oxygens (including phenoxy) is 1. The topological polar surface area (TPSA) is 89.8 Å². The second kappa shape index (κ2) is 9.14. The Bertz CT molecular complexity index is 756. The van der Waals surface area contributed by atoms with E-state index in [2.05, 4.69) is 0 Å². The molecule has 0 radical (unpaired) electrons. The Kier molecular flexibility index (Phi) is 7.15. The number of carbonyl (C=O) groups excluding carboxylic acids is 2. The molecule has 1 aliphatic rings. The minimum atomic E-state index is -0.495. The number of rotatable bonds is 9. The summed E-state index contributed by atoms with van der Waals surface area (Å²) in [6.45, 7) is 8.50. The van der Waals surface area contributed by atoms with Gasteiger partial charge in [0.2, 0.25) is 0 Å². The lowest BCUT2D eigenvalue weighted by atomic mass is 10.1. The third kappa shape index (κ3) is 5.17. The molecule has 0 saturated carbocycles. The van der Waals surface area contributed by atoms with Gasteiger partial charge in [-0.15, -0.1) is 11.8 Å². The van der Waals surface area contributed by atoms with E-state index in [-0.39, 0.29) is 35.4 Å². The molecule has 1 aromatic carbocycles. The Morgan fingerprint density at radius 1 is 1.11 bits per heavy atom. The van der Waals surface area contributed by atoms with Crippen molar-refractivity contribution in [2.75, 3.05) is 13.2 Å². The fraction of sp³-hybridized carbons (Fsp3) is 0.474. The number of thioether (sulfide) groups is 1. The van der Waals surface area contributed by atoms with Gasteiger partial charge in [-0.2, -0.15) is 0 Å². The summed E-state index contributed by atoms with van der Waals surface area (Å²) in [4.78, 5) is 37.7. The van der Waals surface area contributed by atoms with Crippen LogP contribution in [0, 0.1) is 10.1 Å². The molecular formula is C19H24N2O5S. The van der Waals surface area contributed by atoms with Crippen LogP contribution in [0.25, 0.3) is 5.57 Å². The van der Waals surface area contributed by atoms with Gasteiger partial charge in [-0.25, -0.2) is 0 Å². The second-order valence-electron chi connectivity index (χ2n) is 6.71. The fourth-order valence-corrected chi connectivity index (χ4v) is 3.65. The minimum Gasteiger partial charge on any atom is -0.379 e. The summed E-state index contributed by atoms with van der Waals surface area (Å²) in [6.07, 6.45) is 0.652. The highest BCUT2D eigenvalue weighted by Gasteiger charge is 2.39. The molecule has 1 aliphatic heterocycles. The van der Waals surface area contributed by atoms with Gasteiger partial charge >= 0.3 is 0 Å². The van der Waals surface area contributed by atoms with E-state index in [0.29, 0.717) is 29.1 Å². The van der Waals surface area contributed by atoms with Gasteiger partial charge in [0.05, 0.1) is 21.5 Å². The average Bonchev–Trinajstić information content (AvgIpc) is 2.82. The molecule has 0 N–H and O–H groups in total. The molecule has 1 heterocycles. The van der Waals surface area contributed by atoms with Crippen molar-refractivity contribution in [3.63, 3.8) is 0 Å². The van der Waals surface area contributed by atoms with Gasteiger partial charge in [0.1, 0.15) is 0 Å². The maximum absolute atomic E-state index is 12.9. The van der Waals surface area contributed by atoms with E-state index in [1.165, 1.54) is 40.9 Å². The number of amides is 2. The van der Waals surface area contributed by atoms with E-state index in [9.17, 15) is 19.7 Å². The van der Waals surface area contributed by atoms with Crippen LogP contribution in [0.1, 0.15) is 39.7 Å². The Hall–Kier alpha value is -2.19. The van der Waals surface area contributed by atoms with Crippen molar-refractivity contribution in [1.82, 2.24) is 4.90 Å². The van der Waals surface area contributed by atoms with Crippen LogP contribution < -0.4 is 0 Å². The van der Waals surface area contributed by atoms with Crippen molar-refractivity contribution >= 4 is 34.8 Å². The maximum Gasteiger partial charge on any atom is 0.269 e. The molecule has 0 spiro atoms. The Labute approximate surface area is 162 Å². The normalized spacial score (nSPS) is 14.8. The predicted octanol–water partition coefficient (Wildman–Crippen LogP) is 3.63. The van der Waals surface area contributed by atoms with Gasteiger partial charge in [0.25, 0.3) is 17.5 Å². The van der Waals surface area contributed by atoms with Gasteiger partial charge in [-0.3, -0.25) is 24.6 Å². The van der Waals surface area contributed by atoms with E-state index in [4.69, 9.17) is 4.74 Å². The first-order valence-corrected chi connectivity index (χ1v) is 9.74. The van der Waals surface area contributed by atoms with Crippen molar-refractivity contribution in [2.24, 2.45) is 0 Å². The summed E-state index contributed by atoms with van der Waals surface area (Å²) in [5.74, 6) is -0.668. The van der Waals surface area contributed by atoms with E-state index in [1.807, 2.05) is 27.7 Å². The fourth-order valence-electron chi connectivity index (χ4n) is 2.65. The van der Waals surface area contributed by atoms with Crippen LogP contribution in [0.3, 0.4) is 0 Å². The number of hydrogen-bond donors (Lipinski definition) is 0. The molecule has 0 aromatic heterocycles. The molecule has 146 valence electrons. The third-order valence-electron chi connectivity index (χ3n) is 3.82. The zero-order valence-corrected chi connectivity index (χ0v) is 16.7. The van der Waals surface area contributed by atoms with Crippen LogP contribution in [-0.2, 0) is 14.3 Å². The Morgan fingerprint density at radius 2 is 1.74 bits per heavy atom. The summed E-state index contributed by atoms with van der Waals surface area (Å²) in [5.41, 5.74) is 0.776. The molecule has 0 atom stereocenters. The van der Waals surface area contributed by atoms with Gasteiger partial charge in [0, 0.05) is 30.5 Å². The third-order valence-corrected chi connectivity index (χ3v) is 4.91. The van der Waals surface area contributed by atoms with Crippen LogP contribution >= 0.6 is 11.8 Å². The number of non-ortho nitro benzene ring substituents is 1. The SMILES string of the molecule is CC(C)OCCCN1C(=O)C(SC(C)C)=C(c2ccc([N+](=O)[O-])cc2)C1=O. The van der Waals surface area contributed by atoms with Crippen molar-refractivity contribution in [2.45, 2.75) is 45.5 Å². The monoisotopic (exact) mass is 392 g/mol. The number of nitro benzene ring substituents is 1. The molecule has 1 aromatic rings. The van der Waals surface area contributed by atoms with Crippen LogP contribution in [0.4, 0.5) is 5.69 Å². The van der Waals surface area contributed by atoms with Crippen molar-refractivity contribution in [3.05, 3.63) is 44.8 Å². The maximum atomic E-state index is 12.9. The first kappa shape index (κ1) is 21.1. The number of imide groups is 1. The molecule has 2 amide bonds. The van der Waals surface area contributed by atoms with Gasteiger partial charge in [-0.05, 0) is 38.0 Å². The van der Waals surface area contributed by atoms with Crippen LogP contribution in [0.2, 0.25) is 0 Å². The predicted molar refractivity (Wildman–Crippen MR) is 105 cm³/mol. The molecule has 0 aliphatic carbocycles. The van der Waals surface area contributed by atoms with Gasteiger partial charge in [0.15, 0.2) is 0 Å². The number of nitrogens with zero attached hydrogens (tertiary/aromatic N) is 2. The molecule has 2 rings (SSSR count). The van der Waals surface area contributed by atoms with Crippen LogP contribution in [0.5, 0.6) is 0 Å². The molecule has 8 heteroatoms. The van der Waals surface area contributed by atoms with Crippen LogP contribution in [-0.4, -0.2) is 46.1 Å². The Balaban J connectivity index is 2.27. The summed E-state index contributed by atoms with van der Waals surface area (Å²) in [6, 6.07) is 5.73. The molecule has 0 unspecified atom stereocenters. The van der Waals surface area contributed by atoms with Gasteiger partial charge in [-0.1, -0.05) is 13.8 Å². The van der Waals surface area contributed by atoms with Crippen molar-refractivity contribution < 1.29 is 19.2 Å². The molecule has 0 fully saturated rings. The average molecular weight is 392 g/mol. The molecule has 0 saturated heterocycles. The highest BCUT2D eigenvalue weighted by molar-refractivity contribution is 8.04. The van der Waals surface area contributed by atoms with Crippen molar-refractivity contribution in [3.8, 4) is 0 Å². The highest BCUT2D eigenvalue weighted by atomic mass is 32.2. The Morgan fingerprint density at radius 3 is 2.26 bits per heavy atom. The van der Waals surface area contributed by atoms with E-state index < -0.39 is 4.92 Å². The smallest absolute Gasteiger partial charge is 0.269 e. The van der Waals surface area contributed by atoms with E-state index in [1.54, 1.807) is 0 Å². The minimum absolute atomic E-state index is 0.0584. The number of carbonyl (C=O) groups is 2. The lowest BCUT2D eigenvalue weighted by Gasteiger charge is -2.16. The van der Waals surface area contributed by atoms with E-state index in [0.717, 1.165) is 0 Å². The summed E-state index contributed by atoms with van der Waals surface area (Å²) in [7, 11) is 0. The first-order valence-electron chi connectivity index (χ1n) is 8.86. The standard InChI is InChI=1S/C19H24N2O5S/c1-12(2)26-11-5-10-20-18(22)16(17(19(20)23)27-13(3)4)14-6-8-15(9-7-14)21(24)25/h6-9,12-13H,5,10-11H2,1-4H3. The number of nitro groups is 1. The van der Waals surface area contributed by atoms with Crippen LogP contribution in [0.15, 0.2) is 29.2 Å². The lowest BCUT2D eigenvalue weighted by Crippen LogP contribution is -2.33. The van der Waals surface area contributed by atoms with Gasteiger partial charge < -0.3 is 4.74 Å². The highest BCUT2D eigenvalue weighted by Crippen LogP contribution is 2.38. The first-order chi connectivity index (χ1) is 12.7. The lowest BCUT2D eigenvalue weighted by molar-refractivity contribution is -0.384. The molecule has 27 heavy (non-hydrogen) atoms.